The van der Waals surface area contributed by atoms with Crippen molar-refractivity contribution in [3.63, 3.8) is 0 Å². The van der Waals surface area contributed by atoms with Crippen LogP contribution in [0.1, 0.15) is 55.9 Å². The number of amidine groups is 1. The monoisotopic (exact) mass is 564 g/mol. The molecule has 206 valence electrons. The molecule has 1 N–H and O–H groups in total. The van der Waals surface area contributed by atoms with E-state index in [1.807, 2.05) is 30.9 Å². The number of aromatic nitrogens is 1. The Kier molecular flexibility index (Phi) is 8.99. The predicted octanol–water partition coefficient (Wildman–Crippen LogP) is 7.11. The minimum absolute atomic E-state index is 0.183. The molecule has 39 heavy (non-hydrogen) atoms. The second kappa shape index (κ2) is 12.6. The molecule has 0 unspecified atom stereocenters. The van der Waals surface area contributed by atoms with E-state index >= 15 is 0 Å². The lowest BCUT2D eigenvalue weighted by molar-refractivity contribution is -0.131. The number of hydrogen-bond acceptors (Lipinski definition) is 8. The molecule has 1 saturated carbocycles. The van der Waals surface area contributed by atoms with Gasteiger partial charge in [-0.3, -0.25) is 14.7 Å². The summed E-state index contributed by atoms with van der Waals surface area (Å²) >= 11 is 3.30. The van der Waals surface area contributed by atoms with E-state index in [-0.39, 0.29) is 5.91 Å². The summed E-state index contributed by atoms with van der Waals surface area (Å²) in [6.07, 6.45) is 6.82. The van der Waals surface area contributed by atoms with Crippen molar-refractivity contribution in [1.29, 1.82) is 0 Å². The molecule has 1 fully saturated rings. The number of thioether (sulfide) groups is 1. The summed E-state index contributed by atoms with van der Waals surface area (Å²) < 4.78 is 14.4. The molecule has 3 aromatic rings. The van der Waals surface area contributed by atoms with Gasteiger partial charge in [-0.1, -0.05) is 54.4 Å². The van der Waals surface area contributed by atoms with Crippen molar-refractivity contribution >= 4 is 41.3 Å². The van der Waals surface area contributed by atoms with E-state index in [2.05, 4.69) is 52.5 Å². The number of nitrogens with zero attached hydrogens (tertiary/aromatic N) is 3. The fraction of sp³-hybridized carbons (Fsp3) is 0.433. The number of aliphatic imine (C=N–C) groups is 1. The summed E-state index contributed by atoms with van der Waals surface area (Å²) in [6, 6.07) is 16.7. The minimum Gasteiger partial charge on any atom is -0.377 e. The Morgan fingerprint density at radius 1 is 1.13 bits per heavy atom. The van der Waals surface area contributed by atoms with Crippen molar-refractivity contribution in [3.05, 3.63) is 65.4 Å². The van der Waals surface area contributed by atoms with Crippen LogP contribution >= 0.6 is 23.7 Å². The van der Waals surface area contributed by atoms with Gasteiger partial charge in [0.15, 0.2) is 5.82 Å². The number of carbonyl (C=O) groups is 1. The average molecular weight is 565 g/mol. The van der Waals surface area contributed by atoms with E-state index in [4.69, 9.17) is 14.3 Å². The minimum atomic E-state index is -0.520. The first kappa shape index (κ1) is 27.8. The van der Waals surface area contributed by atoms with Crippen LogP contribution in [0.15, 0.2) is 62.9 Å². The third kappa shape index (κ3) is 6.21. The van der Waals surface area contributed by atoms with Gasteiger partial charge in [0.05, 0.1) is 13.2 Å². The molecular weight excluding hydrogens is 528 g/mol. The van der Waals surface area contributed by atoms with Gasteiger partial charge in [0, 0.05) is 29.7 Å². The predicted molar refractivity (Wildman–Crippen MR) is 160 cm³/mol. The molecule has 0 bridgehead atoms. The normalized spacial score (nSPS) is 16.3. The first-order chi connectivity index (χ1) is 19.0. The molecule has 1 spiro atoms. The van der Waals surface area contributed by atoms with Crippen LogP contribution in [-0.2, 0) is 22.7 Å². The zero-order chi connectivity index (χ0) is 27.2. The molecule has 2 heterocycles. The van der Waals surface area contributed by atoms with Gasteiger partial charge in [-0.05, 0) is 73.2 Å². The zero-order valence-electron chi connectivity index (χ0n) is 22.9. The van der Waals surface area contributed by atoms with Crippen molar-refractivity contribution in [2.75, 3.05) is 23.3 Å². The fourth-order valence-electron chi connectivity index (χ4n) is 5.38. The summed E-state index contributed by atoms with van der Waals surface area (Å²) in [4.78, 5) is 21.7. The Morgan fingerprint density at radius 3 is 2.69 bits per heavy atom. The number of aryl methyl sites for hydroxylation is 1. The molecule has 1 aliphatic heterocycles. The van der Waals surface area contributed by atoms with E-state index in [0.29, 0.717) is 25.6 Å². The van der Waals surface area contributed by atoms with Crippen LogP contribution in [0, 0.1) is 6.92 Å². The van der Waals surface area contributed by atoms with Gasteiger partial charge in [0.25, 0.3) is 5.91 Å². The highest BCUT2D eigenvalue weighted by molar-refractivity contribution is 8.00. The number of anilines is 1. The van der Waals surface area contributed by atoms with Crippen LogP contribution in [0.25, 0.3) is 11.1 Å². The van der Waals surface area contributed by atoms with E-state index in [1.165, 1.54) is 11.9 Å². The lowest BCUT2D eigenvalue weighted by Gasteiger charge is -2.23. The number of amides is 1. The van der Waals surface area contributed by atoms with Crippen LogP contribution in [0.4, 0.5) is 5.82 Å². The van der Waals surface area contributed by atoms with Crippen molar-refractivity contribution in [3.8, 4) is 11.1 Å². The maximum absolute atomic E-state index is 13.6. The lowest BCUT2D eigenvalue weighted by atomic mass is 9.96. The first-order valence-electron chi connectivity index (χ1n) is 13.6. The van der Waals surface area contributed by atoms with E-state index < -0.39 is 5.54 Å². The van der Waals surface area contributed by atoms with Crippen LogP contribution in [0.3, 0.4) is 0 Å². The third-order valence-corrected chi connectivity index (χ3v) is 8.80. The van der Waals surface area contributed by atoms with Gasteiger partial charge < -0.3 is 14.0 Å². The Morgan fingerprint density at radius 2 is 1.95 bits per heavy atom. The summed E-state index contributed by atoms with van der Waals surface area (Å²) in [5.74, 6) is 3.54. The highest BCUT2D eigenvalue weighted by Crippen LogP contribution is 2.40. The van der Waals surface area contributed by atoms with Crippen LogP contribution in [0.2, 0.25) is 0 Å². The summed E-state index contributed by atoms with van der Waals surface area (Å²) in [6.45, 7) is 5.55. The molecule has 7 nitrogen and oxygen atoms in total. The Hall–Kier alpha value is -2.75. The van der Waals surface area contributed by atoms with Gasteiger partial charge in [-0.2, -0.15) is 11.8 Å². The molecule has 9 heteroatoms. The SMILES string of the molecule is CCOCc1cc(CN2C(=O)C3(CCCC3)N=C2CCSC)ccc1-c1ccccc1SNc1cc(C)on1. The number of rotatable bonds is 12. The molecule has 1 aliphatic carbocycles. The summed E-state index contributed by atoms with van der Waals surface area (Å²) in [7, 11) is 0. The Labute approximate surface area is 239 Å². The number of benzene rings is 2. The van der Waals surface area contributed by atoms with Crippen molar-refractivity contribution < 1.29 is 14.1 Å². The van der Waals surface area contributed by atoms with Gasteiger partial charge in [0.1, 0.15) is 17.1 Å². The number of nitrogens with one attached hydrogen (secondary N) is 1. The molecule has 0 radical (unpaired) electrons. The topological polar surface area (TPSA) is 80.0 Å². The van der Waals surface area contributed by atoms with E-state index in [0.717, 1.165) is 76.6 Å². The Bertz CT molecular complexity index is 1330. The largest absolute Gasteiger partial charge is 0.377 e. The maximum atomic E-state index is 13.6. The number of hydrogen-bond donors (Lipinski definition) is 1. The molecule has 1 amide bonds. The van der Waals surface area contributed by atoms with Crippen LogP contribution < -0.4 is 4.72 Å². The average Bonchev–Trinajstić information content (AvgIpc) is 3.66. The molecular formula is C30H36N4O3S2. The molecule has 0 atom stereocenters. The molecule has 2 aromatic carbocycles. The standard InChI is InChI=1S/C30H36N4O3S2/c1-4-36-20-23-18-22(19-34-28(13-16-38-3)31-30(29(34)35)14-7-8-15-30)11-12-24(23)25-9-5-6-10-26(25)39-33-27-17-21(2)37-32-27/h5-6,9-12,17-18H,4,7-8,13-16,19-20H2,1-3H3,(H,32,33). The number of ether oxygens (including phenoxy) is 1. The van der Waals surface area contributed by atoms with Gasteiger partial charge >= 0.3 is 0 Å². The smallest absolute Gasteiger partial charge is 0.256 e. The highest BCUT2D eigenvalue weighted by atomic mass is 32.2. The summed E-state index contributed by atoms with van der Waals surface area (Å²) in [5.41, 5.74) is 3.90. The van der Waals surface area contributed by atoms with Gasteiger partial charge in [-0.25, -0.2) is 0 Å². The maximum Gasteiger partial charge on any atom is 0.256 e. The Balaban J connectivity index is 1.41. The lowest BCUT2D eigenvalue weighted by Crippen LogP contribution is -2.40. The molecule has 2 aliphatic rings. The second-order valence-corrected chi connectivity index (χ2v) is 11.9. The highest BCUT2D eigenvalue weighted by Gasteiger charge is 2.49. The molecule has 0 saturated heterocycles. The number of carbonyl (C=O) groups excluding carboxylic acids is 1. The van der Waals surface area contributed by atoms with E-state index in [1.54, 1.807) is 11.8 Å². The second-order valence-electron chi connectivity index (χ2n) is 10.1. The van der Waals surface area contributed by atoms with Crippen molar-refractivity contribution in [2.24, 2.45) is 4.99 Å². The fourth-order valence-corrected chi connectivity index (χ4v) is 6.51. The quantitative estimate of drug-likeness (QED) is 0.235. The van der Waals surface area contributed by atoms with E-state index in [9.17, 15) is 4.79 Å². The van der Waals surface area contributed by atoms with Gasteiger partial charge in [-0.15, -0.1) is 0 Å². The van der Waals surface area contributed by atoms with Crippen LogP contribution in [0.5, 0.6) is 0 Å². The van der Waals surface area contributed by atoms with Crippen molar-refractivity contribution in [2.45, 2.75) is 69.5 Å². The first-order valence-corrected chi connectivity index (χ1v) is 15.8. The van der Waals surface area contributed by atoms with Crippen molar-refractivity contribution in [1.82, 2.24) is 10.1 Å². The van der Waals surface area contributed by atoms with Crippen LogP contribution in [-0.4, -0.2) is 46.0 Å². The molecule has 5 rings (SSSR count). The summed E-state index contributed by atoms with van der Waals surface area (Å²) in [5, 5.41) is 4.04. The third-order valence-electron chi connectivity index (χ3n) is 7.30. The zero-order valence-corrected chi connectivity index (χ0v) is 24.5. The molecule has 1 aromatic heterocycles. The van der Waals surface area contributed by atoms with Gasteiger partial charge in [0.2, 0.25) is 0 Å².